The molecule has 1 nitrogen and oxygen atoms in total. The van der Waals surface area contributed by atoms with Crippen molar-refractivity contribution in [2.75, 3.05) is 0 Å². The first-order valence-corrected chi connectivity index (χ1v) is 13.3. The first-order valence-electron chi connectivity index (χ1n) is 9.31. The number of benzene rings is 4. The standard InChI is InChI=1S/C25H21NPSe/c28-27(23-17-9-3-10-18-23,24-19-11-4-12-20-24)26-25(21-13-5-1-6-14-21)22-15-7-2-8-16-22/h1-20,25H/q-1. The molecule has 28 heavy (non-hydrogen) atoms. The van der Waals surface area contributed by atoms with Crippen molar-refractivity contribution >= 4 is 31.9 Å². The van der Waals surface area contributed by atoms with Crippen molar-refractivity contribution in [3.63, 3.8) is 0 Å². The summed E-state index contributed by atoms with van der Waals surface area (Å²) >= 11 is 3.54. The first kappa shape index (κ1) is 19.0. The Morgan fingerprint density at radius 2 is 0.821 bits per heavy atom. The molecule has 0 atom stereocenters. The predicted octanol–water partition coefficient (Wildman–Crippen LogP) is 5.71. The molecule has 4 rings (SSSR count). The van der Waals surface area contributed by atoms with Gasteiger partial charge in [0.1, 0.15) is 0 Å². The van der Waals surface area contributed by atoms with Gasteiger partial charge in [0.2, 0.25) is 0 Å². The fourth-order valence-electron chi connectivity index (χ4n) is 3.30. The molecule has 0 fully saturated rings. The number of nitrogens with zero attached hydrogens (tertiary/aromatic N) is 1. The van der Waals surface area contributed by atoms with Gasteiger partial charge in [-0.1, -0.05) is 0 Å². The molecule has 0 aliphatic heterocycles. The first-order chi connectivity index (χ1) is 13.8. The van der Waals surface area contributed by atoms with Gasteiger partial charge in [0.15, 0.2) is 0 Å². The van der Waals surface area contributed by atoms with Crippen molar-refractivity contribution in [2.24, 2.45) is 4.74 Å². The summed E-state index contributed by atoms with van der Waals surface area (Å²) in [6.45, 7) is 0. The summed E-state index contributed by atoms with van der Waals surface area (Å²) < 4.78 is 5.54. The van der Waals surface area contributed by atoms with Crippen LogP contribution in [0.2, 0.25) is 0 Å². The summed E-state index contributed by atoms with van der Waals surface area (Å²) in [5, 5.41) is 2.50. The van der Waals surface area contributed by atoms with Crippen molar-refractivity contribution in [3.05, 3.63) is 132 Å². The van der Waals surface area contributed by atoms with Gasteiger partial charge >= 0.3 is 175 Å². The Labute approximate surface area is 175 Å². The second-order valence-electron chi connectivity index (χ2n) is 6.59. The fourth-order valence-corrected chi connectivity index (χ4v) is 7.74. The van der Waals surface area contributed by atoms with E-state index in [0.29, 0.717) is 0 Å². The van der Waals surface area contributed by atoms with Crippen LogP contribution in [0, 0.1) is 0 Å². The third-order valence-electron chi connectivity index (χ3n) is 4.72. The van der Waals surface area contributed by atoms with Crippen LogP contribution in [0.25, 0.3) is 0 Å². The van der Waals surface area contributed by atoms with Crippen molar-refractivity contribution < 1.29 is 0 Å². The van der Waals surface area contributed by atoms with Gasteiger partial charge in [-0.2, -0.15) is 0 Å². The van der Waals surface area contributed by atoms with Gasteiger partial charge in [0.25, 0.3) is 0 Å². The Bertz CT molecular complexity index is 982. The zero-order valence-corrected chi connectivity index (χ0v) is 18.0. The van der Waals surface area contributed by atoms with E-state index in [-0.39, 0.29) is 6.04 Å². The zero-order chi connectivity index (χ0) is 19.2. The molecule has 0 unspecified atom stereocenters. The monoisotopic (exact) mass is 446 g/mol. The van der Waals surface area contributed by atoms with Crippen LogP contribution in [0.1, 0.15) is 17.2 Å². The molecule has 0 amide bonds. The third kappa shape index (κ3) is 4.05. The predicted molar refractivity (Wildman–Crippen MR) is 122 cm³/mol. The minimum absolute atomic E-state index is 0.0302. The van der Waals surface area contributed by atoms with Crippen LogP contribution in [0.5, 0.6) is 0 Å². The van der Waals surface area contributed by atoms with Crippen molar-refractivity contribution in [3.8, 4) is 0 Å². The molecule has 0 bridgehead atoms. The Morgan fingerprint density at radius 1 is 0.500 bits per heavy atom. The maximum absolute atomic E-state index is 5.54. The molecule has 4 aromatic rings. The van der Waals surface area contributed by atoms with E-state index < -0.39 is 5.74 Å². The Morgan fingerprint density at radius 3 is 1.18 bits per heavy atom. The molecule has 0 aliphatic carbocycles. The molecule has 4 aromatic carbocycles. The average molecular weight is 445 g/mol. The summed E-state index contributed by atoms with van der Waals surface area (Å²) in [5.41, 5.74) is 2.42. The molecule has 0 saturated heterocycles. The van der Waals surface area contributed by atoms with E-state index >= 15 is 0 Å². The van der Waals surface area contributed by atoms with Crippen molar-refractivity contribution in [1.29, 1.82) is 0 Å². The molecule has 0 aliphatic rings. The van der Waals surface area contributed by atoms with E-state index in [4.69, 9.17) is 4.74 Å². The molecule has 0 heterocycles. The van der Waals surface area contributed by atoms with Crippen LogP contribution in [0.4, 0.5) is 0 Å². The molecule has 0 N–H and O–H groups in total. The van der Waals surface area contributed by atoms with Gasteiger partial charge in [0.05, 0.1) is 0 Å². The number of hydrogen-bond donors (Lipinski definition) is 0. The summed E-state index contributed by atoms with van der Waals surface area (Å²) in [6.07, 6.45) is 0. The summed E-state index contributed by atoms with van der Waals surface area (Å²) in [6, 6.07) is 42.4. The number of rotatable bonds is 5. The van der Waals surface area contributed by atoms with E-state index in [1.54, 1.807) is 0 Å². The van der Waals surface area contributed by atoms with E-state index in [1.807, 2.05) is 0 Å². The van der Waals surface area contributed by atoms with Crippen LogP contribution in [0.3, 0.4) is 0 Å². The molecule has 0 spiro atoms. The van der Waals surface area contributed by atoms with Crippen molar-refractivity contribution in [2.45, 2.75) is 6.04 Å². The van der Waals surface area contributed by atoms with E-state index in [2.05, 4.69) is 137 Å². The van der Waals surface area contributed by atoms with E-state index in [1.165, 1.54) is 21.7 Å². The minimum atomic E-state index is -2.06. The summed E-state index contributed by atoms with van der Waals surface area (Å²) in [4.78, 5) is 0. The van der Waals surface area contributed by atoms with E-state index in [0.717, 1.165) is 0 Å². The quantitative estimate of drug-likeness (QED) is 0.276. The van der Waals surface area contributed by atoms with Crippen molar-refractivity contribution in [1.82, 2.24) is 0 Å². The van der Waals surface area contributed by atoms with E-state index in [9.17, 15) is 0 Å². The second-order valence-corrected chi connectivity index (χ2v) is 12.3. The van der Waals surface area contributed by atoms with Crippen LogP contribution >= 0.6 is 5.74 Å². The normalized spacial score (nSPS) is 11.4. The van der Waals surface area contributed by atoms with Gasteiger partial charge in [-0.15, -0.1) is 0 Å². The third-order valence-corrected chi connectivity index (χ3v) is 10.5. The van der Waals surface area contributed by atoms with Gasteiger partial charge in [-0.25, -0.2) is 0 Å². The fraction of sp³-hybridized carbons (Fsp3) is 0.0400. The Kier molecular flexibility index (Phi) is 5.93. The van der Waals surface area contributed by atoms with Crippen LogP contribution in [0.15, 0.2) is 126 Å². The Balaban J connectivity index is 1.97. The topological polar surface area (TPSA) is 12.4 Å². The SMILES string of the molecule is [Se-]P(=NC(c1ccccc1)c1ccccc1)(c1ccccc1)c1ccccc1. The maximum atomic E-state index is 5.54. The van der Waals surface area contributed by atoms with Gasteiger partial charge < -0.3 is 0 Å². The van der Waals surface area contributed by atoms with Gasteiger partial charge in [-0.05, 0) is 0 Å². The van der Waals surface area contributed by atoms with Crippen LogP contribution < -0.4 is 10.6 Å². The zero-order valence-electron chi connectivity index (χ0n) is 15.4. The molecule has 3 heteroatoms. The molecular formula is C25H21NPSe-. The molecular weight excluding hydrogens is 424 g/mol. The molecule has 0 saturated carbocycles. The van der Waals surface area contributed by atoms with Crippen LogP contribution in [-0.4, -0.2) is 15.6 Å². The van der Waals surface area contributed by atoms with Crippen LogP contribution in [-0.2, 0) is 0 Å². The molecule has 0 radical (unpaired) electrons. The average Bonchev–Trinajstić information content (AvgIpc) is 2.80. The van der Waals surface area contributed by atoms with Gasteiger partial charge in [0, 0.05) is 0 Å². The van der Waals surface area contributed by atoms with Gasteiger partial charge in [-0.3, -0.25) is 0 Å². The molecule has 0 aromatic heterocycles. The molecule has 138 valence electrons. The number of hydrogen-bond acceptors (Lipinski definition) is 1. The Hall–Kier alpha value is -2.37. The summed E-state index contributed by atoms with van der Waals surface area (Å²) in [7, 11) is 0. The second kappa shape index (κ2) is 8.76. The summed E-state index contributed by atoms with van der Waals surface area (Å²) in [5.74, 6) is -2.06.